The van der Waals surface area contributed by atoms with Crippen LogP contribution in [0.25, 0.3) is 0 Å². The van der Waals surface area contributed by atoms with Crippen LogP contribution in [0.4, 0.5) is 0 Å². The second-order valence-electron chi connectivity index (χ2n) is 3.55. The lowest BCUT2D eigenvalue weighted by Gasteiger charge is -2.16. The Morgan fingerprint density at radius 3 is 2.42 bits per heavy atom. The second kappa shape index (κ2) is 4.31. The van der Waals surface area contributed by atoms with Crippen molar-refractivity contribution in [2.24, 2.45) is 5.92 Å². The number of aliphatic hydroxyl groups excluding tert-OH is 1. The van der Waals surface area contributed by atoms with Crippen LogP contribution >= 0.6 is 0 Å². The zero-order chi connectivity index (χ0) is 9.78. The molecule has 0 aliphatic heterocycles. The summed E-state index contributed by atoms with van der Waals surface area (Å²) < 4.78 is 0. The van der Waals surface area contributed by atoms with Crippen molar-refractivity contribution in [1.29, 1.82) is 0 Å². The molecular formula is C10H18O2. The minimum absolute atomic E-state index is 0.116. The van der Waals surface area contributed by atoms with E-state index in [0.717, 1.165) is 0 Å². The zero-order valence-corrected chi connectivity index (χ0v) is 8.04. The molecule has 0 amide bonds. The van der Waals surface area contributed by atoms with Crippen molar-refractivity contribution in [3.05, 3.63) is 24.5 Å². The molecule has 2 nitrogen and oxygen atoms in total. The molecule has 0 saturated heterocycles. The van der Waals surface area contributed by atoms with E-state index in [1.54, 1.807) is 13.0 Å². The summed E-state index contributed by atoms with van der Waals surface area (Å²) in [6, 6.07) is 0. The number of rotatable bonds is 4. The first-order valence-corrected chi connectivity index (χ1v) is 4.14. The van der Waals surface area contributed by atoms with Gasteiger partial charge in [-0.25, -0.2) is 0 Å². The van der Waals surface area contributed by atoms with Gasteiger partial charge in [-0.15, -0.1) is 6.58 Å². The molecule has 0 radical (unpaired) electrons. The van der Waals surface area contributed by atoms with Gasteiger partial charge in [0.2, 0.25) is 0 Å². The van der Waals surface area contributed by atoms with Crippen LogP contribution in [-0.4, -0.2) is 15.8 Å². The van der Waals surface area contributed by atoms with Gasteiger partial charge in [0, 0.05) is 12.3 Å². The smallest absolute Gasteiger partial charge is 0.0909 e. The number of hydrogen-bond donors (Lipinski definition) is 2. The minimum Gasteiger partial charge on any atom is -0.512 e. The van der Waals surface area contributed by atoms with Gasteiger partial charge >= 0.3 is 0 Å². The Kier molecular flexibility index (Phi) is 4.04. The van der Waals surface area contributed by atoms with E-state index in [1.807, 2.05) is 13.8 Å². The quantitative estimate of drug-likeness (QED) is 0.502. The molecular weight excluding hydrogens is 152 g/mol. The summed E-state index contributed by atoms with van der Waals surface area (Å²) in [6.07, 6.45) is 3.50. The lowest BCUT2D eigenvalue weighted by atomic mass is 10.0. The summed E-state index contributed by atoms with van der Waals surface area (Å²) >= 11 is 0. The Labute approximate surface area is 74.2 Å². The maximum atomic E-state index is 9.48. The van der Waals surface area contributed by atoms with Crippen molar-refractivity contribution >= 4 is 0 Å². The Hall–Kier alpha value is -0.760. The topological polar surface area (TPSA) is 40.5 Å². The van der Waals surface area contributed by atoms with Gasteiger partial charge in [0.05, 0.1) is 11.4 Å². The highest BCUT2D eigenvalue weighted by molar-refractivity contribution is 5.02. The van der Waals surface area contributed by atoms with Crippen molar-refractivity contribution in [3.8, 4) is 0 Å². The highest BCUT2D eigenvalue weighted by atomic mass is 16.3. The molecule has 0 aromatic rings. The fraction of sp³-hybridized carbons (Fsp3) is 0.600. The second-order valence-corrected chi connectivity index (χ2v) is 3.55. The third kappa shape index (κ3) is 4.19. The summed E-state index contributed by atoms with van der Waals surface area (Å²) in [4.78, 5) is 0. The first kappa shape index (κ1) is 11.2. The van der Waals surface area contributed by atoms with E-state index in [9.17, 15) is 10.2 Å². The first-order chi connectivity index (χ1) is 5.39. The Morgan fingerprint density at radius 2 is 2.08 bits per heavy atom. The minimum atomic E-state index is -0.914. The molecule has 2 N–H and O–H groups in total. The van der Waals surface area contributed by atoms with Crippen molar-refractivity contribution in [2.75, 3.05) is 0 Å². The lowest BCUT2D eigenvalue weighted by molar-refractivity contribution is 0.114. The van der Waals surface area contributed by atoms with Gasteiger partial charge < -0.3 is 10.2 Å². The van der Waals surface area contributed by atoms with E-state index >= 15 is 0 Å². The summed E-state index contributed by atoms with van der Waals surface area (Å²) in [7, 11) is 0. The molecule has 0 aromatic heterocycles. The van der Waals surface area contributed by atoms with Crippen LogP contribution in [0.2, 0.25) is 0 Å². The average Bonchev–Trinajstić information content (AvgIpc) is 2.00. The fourth-order valence-corrected chi connectivity index (χ4v) is 0.630. The van der Waals surface area contributed by atoms with Gasteiger partial charge in [-0.3, -0.25) is 0 Å². The van der Waals surface area contributed by atoms with Gasteiger partial charge in [0.1, 0.15) is 0 Å². The predicted molar refractivity (Wildman–Crippen MR) is 51.0 cm³/mol. The van der Waals surface area contributed by atoms with Crippen LogP contribution < -0.4 is 0 Å². The van der Waals surface area contributed by atoms with Crippen LogP contribution in [0.15, 0.2) is 24.5 Å². The highest BCUT2D eigenvalue weighted by Gasteiger charge is 2.13. The monoisotopic (exact) mass is 170 g/mol. The van der Waals surface area contributed by atoms with Gasteiger partial charge in [0.25, 0.3) is 0 Å². The third-order valence-electron chi connectivity index (χ3n) is 1.76. The van der Waals surface area contributed by atoms with E-state index in [0.29, 0.717) is 12.2 Å². The Bertz CT molecular complexity index is 178. The first-order valence-electron chi connectivity index (χ1n) is 4.14. The molecule has 0 bridgehead atoms. The molecule has 12 heavy (non-hydrogen) atoms. The summed E-state index contributed by atoms with van der Waals surface area (Å²) in [5.74, 6) is 0.433. The van der Waals surface area contributed by atoms with Crippen molar-refractivity contribution < 1.29 is 10.2 Å². The van der Waals surface area contributed by atoms with E-state index < -0.39 is 5.60 Å². The molecule has 1 unspecified atom stereocenters. The maximum absolute atomic E-state index is 9.48. The Balaban J connectivity index is 4.12. The summed E-state index contributed by atoms with van der Waals surface area (Å²) in [6.45, 7) is 8.95. The molecule has 0 heterocycles. The average molecular weight is 170 g/mol. The van der Waals surface area contributed by atoms with Crippen molar-refractivity contribution in [3.63, 3.8) is 0 Å². The molecule has 1 atom stereocenters. The van der Waals surface area contributed by atoms with E-state index in [2.05, 4.69) is 6.58 Å². The molecule has 0 spiro atoms. The maximum Gasteiger partial charge on any atom is 0.0909 e. The van der Waals surface area contributed by atoms with Crippen LogP contribution in [0.3, 0.4) is 0 Å². The van der Waals surface area contributed by atoms with Crippen molar-refractivity contribution in [1.82, 2.24) is 0 Å². The van der Waals surface area contributed by atoms with Gasteiger partial charge in [-0.2, -0.15) is 0 Å². The van der Waals surface area contributed by atoms with Gasteiger partial charge in [-0.05, 0) is 13.0 Å². The number of hydrogen-bond acceptors (Lipinski definition) is 2. The molecule has 0 aliphatic carbocycles. The summed E-state index contributed by atoms with van der Waals surface area (Å²) in [5.41, 5.74) is -0.914. The Morgan fingerprint density at radius 1 is 1.58 bits per heavy atom. The number of allylic oxidation sites excluding steroid dienone is 1. The highest BCUT2D eigenvalue weighted by Crippen LogP contribution is 2.14. The number of aliphatic hydroxyl groups is 2. The molecule has 0 saturated carbocycles. The summed E-state index contributed by atoms with van der Waals surface area (Å²) in [5, 5.41) is 18.8. The van der Waals surface area contributed by atoms with Crippen LogP contribution in [0.5, 0.6) is 0 Å². The van der Waals surface area contributed by atoms with Gasteiger partial charge in [0.15, 0.2) is 0 Å². The van der Waals surface area contributed by atoms with Crippen LogP contribution in [-0.2, 0) is 0 Å². The SMILES string of the molecule is C=CC(C)(O)CC=C(O)C(C)C. The molecule has 2 heteroatoms. The molecule has 0 aromatic carbocycles. The van der Waals surface area contributed by atoms with Crippen LogP contribution in [0, 0.1) is 5.92 Å². The fourth-order valence-electron chi connectivity index (χ4n) is 0.630. The van der Waals surface area contributed by atoms with Crippen molar-refractivity contribution in [2.45, 2.75) is 32.8 Å². The standard InChI is InChI=1S/C10H18O2/c1-5-10(4,12)7-6-9(11)8(2)3/h5-6,8,11-12H,1,7H2,2-4H3. The molecule has 0 aliphatic rings. The third-order valence-corrected chi connectivity index (χ3v) is 1.76. The normalized spacial score (nSPS) is 17.6. The van der Waals surface area contributed by atoms with Crippen LogP contribution in [0.1, 0.15) is 27.2 Å². The zero-order valence-electron chi connectivity index (χ0n) is 8.04. The van der Waals surface area contributed by atoms with E-state index in [-0.39, 0.29) is 5.92 Å². The van der Waals surface area contributed by atoms with Gasteiger partial charge in [-0.1, -0.05) is 19.9 Å². The molecule has 0 fully saturated rings. The largest absolute Gasteiger partial charge is 0.512 e. The molecule has 70 valence electrons. The predicted octanol–water partition coefficient (Wildman–Crippen LogP) is 2.41. The van der Waals surface area contributed by atoms with E-state index in [4.69, 9.17) is 0 Å². The molecule has 0 rings (SSSR count). The lowest BCUT2D eigenvalue weighted by Crippen LogP contribution is -2.19. The van der Waals surface area contributed by atoms with E-state index in [1.165, 1.54) is 6.08 Å².